The van der Waals surface area contributed by atoms with E-state index in [1.807, 2.05) is 0 Å². The minimum atomic E-state index is -4.57. The fourth-order valence-electron chi connectivity index (χ4n) is 1.94. The van der Waals surface area contributed by atoms with Crippen molar-refractivity contribution in [2.24, 2.45) is 5.92 Å². The maximum atomic E-state index is 12.6. The molecular formula is C15H15F3N4O. The fraction of sp³-hybridized carbons (Fsp3) is 0.333. The highest BCUT2D eigenvalue weighted by Gasteiger charge is 2.34. The molecule has 0 atom stereocenters. The zero-order valence-corrected chi connectivity index (χ0v) is 12.1. The molecule has 1 aromatic carbocycles. The van der Waals surface area contributed by atoms with Crippen molar-refractivity contribution in [2.75, 3.05) is 17.7 Å². The van der Waals surface area contributed by atoms with Gasteiger partial charge in [0.15, 0.2) is 0 Å². The number of benzene rings is 1. The van der Waals surface area contributed by atoms with Crippen LogP contribution in [-0.2, 0) is 6.18 Å². The molecule has 0 bridgehead atoms. The molecule has 0 amide bonds. The molecule has 0 spiro atoms. The molecule has 1 fully saturated rings. The fourth-order valence-corrected chi connectivity index (χ4v) is 1.94. The topological polar surface area (TPSA) is 73.1 Å². The number of hydrogen-bond acceptors (Lipinski definition) is 5. The van der Waals surface area contributed by atoms with Gasteiger partial charge in [-0.1, -0.05) is 0 Å². The van der Waals surface area contributed by atoms with Crippen LogP contribution in [0.3, 0.4) is 0 Å². The van der Waals surface area contributed by atoms with E-state index in [-0.39, 0.29) is 5.95 Å². The molecule has 1 aromatic heterocycles. The first-order valence-electron chi connectivity index (χ1n) is 7.11. The first-order valence-corrected chi connectivity index (χ1v) is 7.11. The van der Waals surface area contributed by atoms with Gasteiger partial charge in [-0.2, -0.15) is 18.2 Å². The van der Waals surface area contributed by atoms with Gasteiger partial charge in [0.1, 0.15) is 17.1 Å². The van der Waals surface area contributed by atoms with Gasteiger partial charge in [-0.05, 0) is 43.0 Å². The van der Waals surface area contributed by atoms with Crippen molar-refractivity contribution in [2.45, 2.75) is 19.0 Å². The molecule has 3 N–H and O–H groups in total. The number of alkyl halides is 3. The summed E-state index contributed by atoms with van der Waals surface area (Å²) >= 11 is 0. The molecule has 23 heavy (non-hydrogen) atoms. The van der Waals surface area contributed by atoms with Gasteiger partial charge in [-0.25, -0.2) is 4.98 Å². The van der Waals surface area contributed by atoms with E-state index in [0.29, 0.717) is 24.4 Å². The second-order valence-corrected chi connectivity index (χ2v) is 5.39. The molecule has 1 heterocycles. The summed E-state index contributed by atoms with van der Waals surface area (Å²) in [5, 5.41) is 2.80. The minimum absolute atomic E-state index is 0.00199. The van der Waals surface area contributed by atoms with Crippen molar-refractivity contribution >= 4 is 17.5 Å². The Balaban J connectivity index is 1.65. The standard InChI is InChI=1S/C15H15F3N4O/c16-15(17,18)12-7-20-14(22-13(12)19)21-10-3-5-11(6-4-10)23-8-9-1-2-9/h3-7,9H,1-2,8H2,(H3,19,20,21,22). The van der Waals surface area contributed by atoms with Crippen molar-refractivity contribution in [1.82, 2.24) is 9.97 Å². The SMILES string of the molecule is Nc1nc(Nc2ccc(OCC3CC3)cc2)ncc1C(F)(F)F. The lowest BCUT2D eigenvalue weighted by atomic mass is 10.3. The van der Waals surface area contributed by atoms with Crippen molar-refractivity contribution in [3.05, 3.63) is 36.0 Å². The number of nitrogens with one attached hydrogen (secondary N) is 1. The van der Waals surface area contributed by atoms with Gasteiger partial charge >= 0.3 is 6.18 Å². The third kappa shape index (κ3) is 4.02. The lowest BCUT2D eigenvalue weighted by Crippen LogP contribution is -2.12. The van der Waals surface area contributed by atoms with E-state index in [0.717, 1.165) is 5.75 Å². The summed E-state index contributed by atoms with van der Waals surface area (Å²) in [6, 6.07) is 7.02. The maximum absolute atomic E-state index is 12.6. The Kier molecular flexibility index (Phi) is 3.97. The number of hydrogen-bond donors (Lipinski definition) is 2. The van der Waals surface area contributed by atoms with Gasteiger partial charge in [0, 0.05) is 11.9 Å². The van der Waals surface area contributed by atoms with Crippen LogP contribution >= 0.6 is 0 Å². The van der Waals surface area contributed by atoms with Gasteiger partial charge in [0.2, 0.25) is 5.95 Å². The summed E-state index contributed by atoms with van der Waals surface area (Å²) in [6.45, 7) is 0.714. The smallest absolute Gasteiger partial charge is 0.421 e. The Morgan fingerprint density at radius 1 is 1.22 bits per heavy atom. The molecule has 0 saturated heterocycles. The average Bonchev–Trinajstić information content (AvgIpc) is 3.29. The van der Waals surface area contributed by atoms with E-state index < -0.39 is 17.6 Å². The van der Waals surface area contributed by atoms with Crippen molar-refractivity contribution in [3.8, 4) is 5.75 Å². The van der Waals surface area contributed by atoms with Crippen LogP contribution in [0.4, 0.5) is 30.6 Å². The van der Waals surface area contributed by atoms with E-state index in [1.54, 1.807) is 24.3 Å². The molecular weight excluding hydrogens is 309 g/mol. The quantitative estimate of drug-likeness (QED) is 0.879. The van der Waals surface area contributed by atoms with Crippen LogP contribution in [0.1, 0.15) is 18.4 Å². The van der Waals surface area contributed by atoms with E-state index in [4.69, 9.17) is 10.5 Å². The van der Waals surface area contributed by atoms with Crippen LogP contribution in [0, 0.1) is 5.92 Å². The molecule has 1 saturated carbocycles. The van der Waals surface area contributed by atoms with Gasteiger partial charge in [0.05, 0.1) is 6.61 Å². The second-order valence-electron chi connectivity index (χ2n) is 5.39. The highest BCUT2D eigenvalue weighted by molar-refractivity contribution is 5.56. The van der Waals surface area contributed by atoms with Gasteiger partial charge in [-0.3, -0.25) is 0 Å². The van der Waals surface area contributed by atoms with Crippen molar-refractivity contribution in [3.63, 3.8) is 0 Å². The highest BCUT2D eigenvalue weighted by atomic mass is 19.4. The molecule has 2 aromatic rings. The molecule has 122 valence electrons. The van der Waals surface area contributed by atoms with Crippen LogP contribution in [0.25, 0.3) is 0 Å². The predicted molar refractivity (Wildman–Crippen MR) is 79.4 cm³/mol. The van der Waals surface area contributed by atoms with E-state index in [2.05, 4.69) is 15.3 Å². The summed E-state index contributed by atoms with van der Waals surface area (Å²) in [6.07, 6.45) is -1.47. The first-order chi connectivity index (χ1) is 10.9. The maximum Gasteiger partial charge on any atom is 0.421 e. The third-order valence-corrected chi connectivity index (χ3v) is 3.42. The third-order valence-electron chi connectivity index (χ3n) is 3.42. The Bertz CT molecular complexity index is 684. The Morgan fingerprint density at radius 3 is 2.48 bits per heavy atom. The summed E-state index contributed by atoms with van der Waals surface area (Å²) in [7, 11) is 0. The zero-order chi connectivity index (χ0) is 16.4. The molecule has 0 unspecified atom stereocenters. The summed E-state index contributed by atoms with van der Waals surface area (Å²) in [4.78, 5) is 7.27. The van der Waals surface area contributed by atoms with Crippen LogP contribution in [-0.4, -0.2) is 16.6 Å². The second kappa shape index (κ2) is 5.94. The van der Waals surface area contributed by atoms with Crippen LogP contribution in [0.15, 0.2) is 30.5 Å². The number of nitrogen functional groups attached to an aromatic ring is 1. The normalized spacial score (nSPS) is 14.6. The number of nitrogens with zero attached hydrogens (tertiary/aromatic N) is 2. The van der Waals surface area contributed by atoms with Crippen LogP contribution in [0.2, 0.25) is 0 Å². The lowest BCUT2D eigenvalue weighted by molar-refractivity contribution is -0.137. The van der Waals surface area contributed by atoms with E-state index >= 15 is 0 Å². The first kappa shape index (κ1) is 15.4. The minimum Gasteiger partial charge on any atom is -0.493 e. The van der Waals surface area contributed by atoms with Crippen molar-refractivity contribution < 1.29 is 17.9 Å². The van der Waals surface area contributed by atoms with Gasteiger partial charge in [0.25, 0.3) is 0 Å². The van der Waals surface area contributed by atoms with E-state index in [9.17, 15) is 13.2 Å². The van der Waals surface area contributed by atoms with E-state index in [1.165, 1.54) is 12.8 Å². The largest absolute Gasteiger partial charge is 0.493 e. The molecule has 3 rings (SSSR count). The zero-order valence-electron chi connectivity index (χ0n) is 12.1. The monoisotopic (exact) mass is 324 g/mol. The molecule has 0 radical (unpaired) electrons. The average molecular weight is 324 g/mol. The van der Waals surface area contributed by atoms with Crippen LogP contribution in [0.5, 0.6) is 5.75 Å². The number of anilines is 3. The number of rotatable bonds is 5. The Morgan fingerprint density at radius 2 is 1.91 bits per heavy atom. The Labute approximate surface area is 130 Å². The van der Waals surface area contributed by atoms with Crippen molar-refractivity contribution in [1.29, 1.82) is 0 Å². The summed E-state index contributed by atoms with van der Waals surface area (Å²) in [5.74, 6) is 0.799. The number of aromatic nitrogens is 2. The molecule has 1 aliphatic rings. The van der Waals surface area contributed by atoms with Gasteiger partial charge in [-0.15, -0.1) is 0 Å². The lowest BCUT2D eigenvalue weighted by Gasteiger charge is -2.11. The molecule has 5 nitrogen and oxygen atoms in total. The highest BCUT2D eigenvalue weighted by Crippen LogP contribution is 2.33. The predicted octanol–water partition coefficient (Wildman–Crippen LogP) is 3.61. The summed E-state index contributed by atoms with van der Waals surface area (Å²) < 4.78 is 43.4. The summed E-state index contributed by atoms with van der Waals surface area (Å²) in [5.41, 5.74) is 4.91. The number of ether oxygens (including phenoxy) is 1. The Hall–Kier alpha value is -2.51. The van der Waals surface area contributed by atoms with Crippen LogP contribution < -0.4 is 15.8 Å². The molecule has 1 aliphatic carbocycles. The molecule has 0 aliphatic heterocycles. The van der Waals surface area contributed by atoms with Gasteiger partial charge < -0.3 is 15.8 Å². The molecule has 8 heteroatoms. The number of nitrogens with two attached hydrogens (primary N) is 1. The number of halogens is 3.